The van der Waals surface area contributed by atoms with Crippen LogP contribution in [0.2, 0.25) is 0 Å². The highest BCUT2D eigenvalue weighted by atomic mass is 16.3. The summed E-state index contributed by atoms with van der Waals surface area (Å²) >= 11 is 0. The Balaban J connectivity index is 2.23. The van der Waals surface area contributed by atoms with Gasteiger partial charge in [-0.15, -0.1) is 0 Å². The molecule has 2 nitrogen and oxygen atoms in total. The minimum absolute atomic E-state index is 0.0442. The van der Waals surface area contributed by atoms with E-state index in [-0.39, 0.29) is 11.6 Å². The molecular formula is C10H17NO. The SMILES string of the molecule is N[C@@]12CCCCC1=C[C@@H](O)CC2. The van der Waals surface area contributed by atoms with Crippen LogP contribution in [-0.4, -0.2) is 16.7 Å². The lowest BCUT2D eigenvalue weighted by molar-refractivity contribution is 0.174. The topological polar surface area (TPSA) is 46.2 Å². The molecule has 0 aromatic rings. The summed E-state index contributed by atoms with van der Waals surface area (Å²) in [4.78, 5) is 0. The van der Waals surface area contributed by atoms with Gasteiger partial charge in [0.1, 0.15) is 0 Å². The van der Waals surface area contributed by atoms with Crippen molar-refractivity contribution in [3.05, 3.63) is 11.6 Å². The fraction of sp³-hybridized carbons (Fsp3) is 0.800. The van der Waals surface area contributed by atoms with E-state index in [0.717, 1.165) is 25.7 Å². The van der Waals surface area contributed by atoms with E-state index in [9.17, 15) is 5.11 Å². The molecule has 0 radical (unpaired) electrons. The fourth-order valence-electron chi connectivity index (χ4n) is 2.42. The Hall–Kier alpha value is -0.340. The molecule has 2 aliphatic carbocycles. The fourth-order valence-corrected chi connectivity index (χ4v) is 2.42. The van der Waals surface area contributed by atoms with Crippen LogP contribution in [0.4, 0.5) is 0 Å². The van der Waals surface area contributed by atoms with Gasteiger partial charge in [-0.1, -0.05) is 18.1 Å². The Morgan fingerprint density at radius 2 is 2.25 bits per heavy atom. The second kappa shape index (κ2) is 2.86. The van der Waals surface area contributed by atoms with Crippen molar-refractivity contribution in [2.45, 2.75) is 50.2 Å². The van der Waals surface area contributed by atoms with E-state index in [1.54, 1.807) is 0 Å². The zero-order valence-electron chi connectivity index (χ0n) is 7.42. The smallest absolute Gasteiger partial charge is 0.0725 e. The number of fused-ring (bicyclic) bond motifs is 1. The predicted molar refractivity (Wildman–Crippen MR) is 48.7 cm³/mol. The van der Waals surface area contributed by atoms with E-state index < -0.39 is 0 Å². The van der Waals surface area contributed by atoms with E-state index >= 15 is 0 Å². The van der Waals surface area contributed by atoms with Crippen LogP contribution in [-0.2, 0) is 0 Å². The molecule has 0 aromatic carbocycles. The highest BCUT2D eigenvalue weighted by Gasteiger charge is 2.35. The maximum Gasteiger partial charge on any atom is 0.0725 e. The van der Waals surface area contributed by atoms with Crippen LogP contribution in [0.3, 0.4) is 0 Å². The number of hydrogen-bond donors (Lipinski definition) is 2. The van der Waals surface area contributed by atoms with Gasteiger partial charge >= 0.3 is 0 Å². The van der Waals surface area contributed by atoms with E-state index in [2.05, 4.69) is 0 Å². The maximum absolute atomic E-state index is 9.43. The van der Waals surface area contributed by atoms with Gasteiger partial charge in [0.2, 0.25) is 0 Å². The largest absolute Gasteiger partial charge is 0.389 e. The minimum atomic E-state index is -0.227. The van der Waals surface area contributed by atoms with Gasteiger partial charge in [-0.3, -0.25) is 0 Å². The quantitative estimate of drug-likeness (QED) is 0.535. The normalized spacial score (nSPS) is 41.8. The molecule has 68 valence electrons. The molecule has 0 aromatic heterocycles. The lowest BCUT2D eigenvalue weighted by Crippen LogP contribution is -2.46. The highest BCUT2D eigenvalue weighted by molar-refractivity contribution is 5.25. The average Bonchev–Trinajstić information content (AvgIpc) is 2.06. The molecule has 1 saturated carbocycles. The summed E-state index contributed by atoms with van der Waals surface area (Å²) < 4.78 is 0. The molecule has 0 heterocycles. The van der Waals surface area contributed by atoms with Crippen molar-refractivity contribution in [1.29, 1.82) is 0 Å². The average molecular weight is 167 g/mol. The van der Waals surface area contributed by atoms with Crippen molar-refractivity contribution in [3.8, 4) is 0 Å². The first-order chi connectivity index (χ1) is 5.71. The van der Waals surface area contributed by atoms with Crippen molar-refractivity contribution >= 4 is 0 Å². The molecule has 2 rings (SSSR count). The van der Waals surface area contributed by atoms with Crippen LogP contribution in [0.5, 0.6) is 0 Å². The molecule has 2 aliphatic rings. The molecule has 12 heavy (non-hydrogen) atoms. The van der Waals surface area contributed by atoms with Crippen molar-refractivity contribution in [3.63, 3.8) is 0 Å². The first-order valence-corrected chi connectivity index (χ1v) is 4.89. The van der Waals surface area contributed by atoms with Gasteiger partial charge < -0.3 is 10.8 Å². The van der Waals surface area contributed by atoms with Crippen LogP contribution in [0, 0.1) is 0 Å². The van der Waals surface area contributed by atoms with Crippen LogP contribution in [0.25, 0.3) is 0 Å². The second-order valence-electron chi connectivity index (χ2n) is 4.16. The van der Waals surface area contributed by atoms with Crippen LogP contribution >= 0.6 is 0 Å². The zero-order valence-corrected chi connectivity index (χ0v) is 7.42. The lowest BCUT2D eigenvalue weighted by Gasteiger charge is -2.40. The summed E-state index contributed by atoms with van der Waals surface area (Å²) in [7, 11) is 0. The standard InChI is InChI=1S/C10H17NO/c11-10-5-2-1-3-8(10)7-9(12)4-6-10/h7,9,12H,1-6,11H2/t9-,10+/m0/s1. The molecule has 1 fully saturated rings. The highest BCUT2D eigenvalue weighted by Crippen LogP contribution is 2.38. The molecule has 0 aliphatic heterocycles. The van der Waals surface area contributed by atoms with E-state index in [1.807, 2.05) is 6.08 Å². The molecule has 0 spiro atoms. The Morgan fingerprint density at radius 1 is 1.42 bits per heavy atom. The number of nitrogens with two attached hydrogens (primary N) is 1. The van der Waals surface area contributed by atoms with Gasteiger partial charge in [-0.2, -0.15) is 0 Å². The third-order valence-electron chi connectivity index (χ3n) is 3.24. The molecule has 0 unspecified atom stereocenters. The first-order valence-electron chi connectivity index (χ1n) is 4.89. The van der Waals surface area contributed by atoms with Crippen molar-refractivity contribution in [2.24, 2.45) is 5.73 Å². The third-order valence-corrected chi connectivity index (χ3v) is 3.24. The lowest BCUT2D eigenvalue weighted by atomic mass is 9.71. The third kappa shape index (κ3) is 1.29. The van der Waals surface area contributed by atoms with Gasteiger partial charge in [0, 0.05) is 5.54 Å². The van der Waals surface area contributed by atoms with Crippen molar-refractivity contribution in [1.82, 2.24) is 0 Å². The molecule has 0 saturated heterocycles. The van der Waals surface area contributed by atoms with E-state index in [0.29, 0.717) is 0 Å². The second-order valence-corrected chi connectivity index (χ2v) is 4.16. The number of aliphatic hydroxyl groups is 1. The summed E-state index contributed by atoms with van der Waals surface area (Å²) in [5, 5.41) is 9.43. The summed E-state index contributed by atoms with van der Waals surface area (Å²) in [5.41, 5.74) is 7.52. The number of aliphatic hydroxyl groups excluding tert-OH is 1. The minimum Gasteiger partial charge on any atom is -0.389 e. The van der Waals surface area contributed by atoms with Crippen LogP contribution < -0.4 is 5.73 Å². The van der Waals surface area contributed by atoms with Gasteiger partial charge in [0.05, 0.1) is 6.10 Å². The number of rotatable bonds is 0. The first kappa shape index (κ1) is 8.27. The Kier molecular flexibility index (Phi) is 1.97. The van der Waals surface area contributed by atoms with Gasteiger partial charge in [-0.05, 0) is 32.1 Å². The van der Waals surface area contributed by atoms with Crippen LogP contribution in [0.1, 0.15) is 38.5 Å². The molecule has 3 N–H and O–H groups in total. The molecular weight excluding hydrogens is 150 g/mol. The summed E-state index contributed by atoms with van der Waals surface area (Å²) in [6.45, 7) is 0. The van der Waals surface area contributed by atoms with Gasteiger partial charge in [0.25, 0.3) is 0 Å². The van der Waals surface area contributed by atoms with Crippen molar-refractivity contribution in [2.75, 3.05) is 0 Å². The molecule has 0 amide bonds. The Bertz CT molecular complexity index is 212. The summed E-state index contributed by atoms with van der Waals surface area (Å²) in [5.74, 6) is 0. The summed E-state index contributed by atoms with van der Waals surface area (Å²) in [6, 6.07) is 0. The Labute approximate surface area is 73.5 Å². The Morgan fingerprint density at radius 3 is 3.08 bits per heavy atom. The van der Waals surface area contributed by atoms with Crippen LogP contribution in [0.15, 0.2) is 11.6 Å². The van der Waals surface area contributed by atoms with E-state index in [4.69, 9.17) is 5.73 Å². The molecule has 2 heteroatoms. The van der Waals surface area contributed by atoms with Gasteiger partial charge in [-0.25, -0.2) is 0 Å². The zero-order chi connectivity index (χ0) is 8.60. The molecule has 2 atom stereocenters. The number of hydrogen-bond acceptors (Lipinski definition) is 2. The van der Waals surface area contributed by atoms with E-state index in [1.165, 1.54) is 18.4 Å². The van der Waals surface area contributed by atoms with Crippen molar-refractivity contribution < 1.29 is 5.11 Å². The molecule has 0 bridgehead atoms. The predicted octanol–water partition coefficient (Wildman–Crippen LogP) is 1.34. The monoisotopic (exact) mass is 167 g/mol. The summed E-state index contributed by atoms with van der Waals surface area (Å²) in [6.07, 6.45) is 8.30. The van der Waals surface area contributed by atoms with Gasteiger partial charge in [0.15, 0.2) is 0 Å². The maximum atomic E-state index is 9.43.